The van der Waals surface area contributed by atoms with Crippen LogP contribution in [-0.2, 0) is 0 Å². The second kappa shape index (κ2) is 8.61. The number of aromatic nitrogens is 1. The van der Waals surface area contributed by atoms with Gasteiger partial charge in [-0.1, -0.05) is 31.3 Å². The van der Waals surface area contributed by atoms with Gasteiger partial charge in [0.1, 0.15) is 0 Å². The summed E-state index contributed by atoms with van der Waals surface area (Å²) in [5.41, 5.74) is 2.15. The lowest BCUT2D eigenvalue weighted by Gasteiger charge is -2.24. The summed E-state index contributed by atoms with van der Waals surface area (Å²) in [5, 5.41) is 0.771. The van der Waals surface area contributed by atoms with Gasteiger partial charge in [0.15, 0.2) is 5.13 Å². The molecule has 2 heterocycles. The fourth-order valence-electron chi connectivity index (χ4n) is 2.76. The van der Waals surface area contributed by atoms with Crippen LogP contribution in [0.5, 0.6) is 0 Å². The molecule has 0 saturated carbocycles. The molecule has 26 heavy (non-hydrogen) atoms. The molecule has 0 N–H and O–H groups in total. The standard InChI is InChI=1S/C19H22BrN3OS2/c1-4-22(5-2)10-11-23(18(24)15-8-9-17(20)25-15)19-21-14-7-6-13(3)12-16(14)26-19/h6-9,12H,4-5,10-11H2,1-3H3. The van der Waals surface area contributed by atoms with E-state index in [4.69, 9.17) is 4.98 Å². The lowest BCUT2D eigenvalue weighted by molar-refractivity contribution is 0.0987. The maximum Gasteiger partial charge on any atom is 0.270 e. The van der Waals surface area contributed by atoms with Gasteiger partial charge >= 0.3 is 0 Å². The summed E-state index contributed by atoms with van der Waals surface area (Å²) in [6.07, 6.45) is 0. The number of benzene rings is 1. The van der Waals surface area contributed by atoms with Crippen molar-refractivity contribution in [2.75, 3.05) is 31.1 Å². The first-order valence-corrected chi connectivity index (χ1v) is 11.1. The van der Waals surface area contributed by atoms with Gasteiger partial charge in [-0.15, -0.1) is 11.3 Å². The molecule has 4 nitrogen and oxygen atoms in total. The molecule has 0 atom stereocenters. The van der Waals surface area contributed by atoms with E-state index in [0.717, 1.165) is 43.6 Å². The van der Waals surface area contributed by atoms with Crippen molar-refractivity contribution in [2.24, 2.45) is 0 Å². The average molecular weight is 452 g/mol. The van der Waals surface area contributed by atoms with E-state index < -0.39 is 0 Å². The summed E-state index contributed by atoms with van der Waals surface area (Å²) >= 11 is 6.50. The minimum atomic E-state index is 0.0173. The Kier molecular flexibility index (Phi) is 6.45. The van der Waals surface area contributed by atoms with Crippen molar-refractivity contribution in [2.45, 2.75) is 20.8 Å². The third-order valence-electron chi connectivity index (χ3n) is 4.33. The SMILES string of the molecule is CCN(CC)CCN(C(=O)c1ccc(Br)s1)c1nc2ccc(C)cc2s1. The van der Waals surface area contributed by atoms with Crippen LogP contribution in [0, 0.1) is 6.92 Å². The number of anilines is 1. The topological polar surface area (TPSA) is 36.4 Å². The van der Waals surface area contributed by atoms with Gasteiger partial charge < -0.3 is 4.90 Å². The summed E-state index contributed by atoms with van der Waals surface area (Å²) in [5.74, 6) is 0.0173. The second-order valence-corrected chi connectivity index (χ2v) is 9.53. The highest BCUT2D eigenvalue weighted by Gasteiger charge is 2.23. The largest absolute Gasteiger partial charge is 0.302 e. The van der Waals surface area contributed by atoms with Gasteiger partial charge in [-0.25, -0.2) is 4.98 Å². The Morgan fingerprint density at radius 2 is 1.88 bits per heavy atom. The van der Waals surface area contributed by atoms with Crippen molar-refractivity contribution in [3.05, 3.63) is 44.6 Å². The van der Waals surface area contributed by atoms with Crippen LogP contribution < -0.4 is 4.90 Å². The van der Waals surface area contributed by atoms with E-state index in [-0.39, 0.29) is 5.91 Å². The number of aryl methyl sites for hydroxylation is 1. The maximum absolute atomic E-state index is 13.2. The number of thiazole rings is 1. The third kappa shape index (κ3) is 4.34. The number of carbonyl (C=O) groups excluding carboxylic acids is 1. The minimum absolute atomic E-state index is 0.0173. The molecule has 138 valence electrons. The number of hydrogen-bond donors (Lipinski definition) is 0. The Labute approximate surface area is 170 Å². The number of carbonyl (C=O) groups is 1. The molecule has 0 fully saturated rings. The van der Waals surface area contributed by atoms with Crippen LogP contribution in [0.25, 0.3) is 10.2 Å². The average Bonchev–Trinajstić information content (AvgIpc) is 3.24. The number of nitrogens with zero attached hydrogens (tertiary/aromatic N) is 3. The Hall–Kier alpha value is -1.28. The van der Waals surface area contributed by atoms with E-state index in [2.05, 4.69) is 53.7 Å². The molecule has 0 radical (unpaired) electrons. The highest BCUT2D eigenvalue weighted by Crippen LogP contribution is 2.32. The van der Waals surface area contributed by atoms with Crippen LogP contribution in [0.15, 0.2) is 34.1 Å². The Morgan fingerprint density at radius 1 is 1.12 bits per heavy atom. The molecule has 3 aromatic rings. The predicted octanol–water partition coefficient (Wildman–Crippen LogP) is 5.42. The Bertz CT molecular complexity index is 901. The molecule has 0 bridgehead atoms. The number of thiophene rings is 1. The fourth-order valence-corrected chi connectivity index (χ4v) is 5.19. The van der Waals surface area contributed by atoms with Gasteiger partial charge in [-0.3, -0.25) is 9.69 Å². The molecule has 0 unspecified atom stereocenters. The highest BCUT2D eigenvalue weighted by atomic mass is 79.9. The first-order valence-electron chi connectivity index (χ1n) is 8.68. The zero-order valence-electron chi connectivity index (χ0n) is 15.2. The molecule has 3 rings (SSSR count). The van der Waals surface area contributed by atoms with E-state index >= 15 is 0 Å². The Balaban J connectivity index is 1.93. The molecule has 1 aromatic carbocycles. The lowest BCUT2D eigenvalue weighted by atomic mass is 10.2. The highest BCUT2D eigenvalue weighted by molar-refractivity contribution is 9.11. The van der Waals surface area contributed by atoms with Gasteiger partial charge in [-0.05, 0) is 65.8 Å². The molecule has 2 aromatic heterocycles. The number of amides is 1. The number of halogens is 1. The maximum atomic E-state index is 13.2. The smallest absolute Gasteiger partial charge is 0.270 e. The van der Waals surface area contributed by atoms with Crippen molar-refractivity contribution in [3.63, 3.8) is 0 Å². The number of likely N-dealkylation sites (N-methyl/N-ethyl adjacent to an activating group) is 1. The van der Waals surface area contributed by atoms with E-state index in [9.17, 15) is 4.79 Å². The molecule has 0 aliphatic heterocycles. The number of rotatable bonds is 7. The summed E-state index contributed by atoms with van der Waals surface area (Å²) in [7, 11) is 0. The third-order valence-corrected chi connectivity index (χ3v) is 6.98. The molecular weight excluding hydrogens is 430 g/mol. The van der Waals surface area contributed by atoms with Crippen LogP contribution >= 0.6 is 38.6 Å². The predicted molar refractivity (Wildman–Crippen MR) is 116 cm³/mol. The first kappa shape index (κ1) is 19.5. The van der Waals surface area contributed by atoms with Gasteiger partial charge in [-0.2, -0.15) is 0 Å². The van der Waals surface area contributed by atoms with Crippen molar-refractivity contribution < 1.29 is 4.79 Å². The summed E-state index contributed by atoms with van der Waals surface area (Å²) in [4.78, 5) is 22.8. The van der Waals surface area contributed by atoms with Crippen LogP contribution in [0.1, 0.15) is 29.1 Å². The molecular formula is C19H22BrN3OS2. The van der Waals surface area contributed by atoms with Gasteiger partial charge in [0.05, 0.1) is 18.9 Å². The molecule has 7 heteroatoms. The lowest BCUT2D eigenvalue weighted by Crippen LogP contribution is -2.38. The number of fused-ring (bicyclic) bond motifs is 1. The fraction of sp³-hybridized carbons (Fsp3) is 0.368. The van der Waals surface area contributed by atoms with Crippen LogP contribution in [0.2, 0.25) is 0 Å². The second-order valence-electron chi connectivity index (χ2n) is 6.06. The zero-order chi connectivity index (χ0) is 18.7. The zero-order valence-corrected chi connectivity index (χ0v) is 18.4. The first-order chi connectivity index (χ1) is 12.5. The quantitative estimate of drug-likeness (QED) is 0.481. The normalized spacial score (nSPS) is 11.4. The number of hydrogen-bond acceptors (Lipinski definition) is 5. The van der Waals surface area contributed by atoms with Crippen LogP contribution in [0.3, 0.4) is 0 Å². The Morgan fingerprint density at radius 3 is 2.54 bits per heavy atom. The monoisotopic (exact) mass is 451 g/mol. The van der Waals surface area contributed by atoms with E-state index in [1.54, 1.807) is 11.3 Å². The van der Waals surface area contributed by atoms with E-state index in [0.29, 0.717) is 6.54 Å². The van der Waals surface area contributed by atoms with Crippen LogP contribution in [-0.4, -0.2) is 42.0 Å². The summed E-state index contributed by atoms with van der Waals surface area (Å²) < 4.78 is 2.08. The van der Waals surface area contributed by atoms with Crippen molar-refractivity contribution in [3.8, 4) is 0 Å². The van der Waals surface area contributed by atoms with E-state index in [1.807, 2.05) is 23.1 Å². The minimum Gasteiger partial charge on any atom is -0.302 e. The van der Waals surface area contributed by atoms with Crippen LogP contribution in [0.4, 0.5) is 5.13 Å². The summed E-state index contributed by atoms with van der Waals surface area (Å²) in [6, 6.07) is 10.0. The van der Waals surface area contributed by atoms with Gasteiger partial charge in [0.2, 0.25) is 0 Å². The molecule has 0 saturated heterocycles. The van der Waals surface area contributed by atoms with Crippen molar-refractivity contribution in [1.82, 2.24) is 9.88 Å². The molecule has 0 aliphatic carbocycles. The van der Waals surface area contributed by atoms with Crippen molar-refractivity contribution >= 4 is 59.9 Å². The van der Waals surface area contributed by atoms with Gasteiger partial charge in [0.25, 0.3) is 5.91 Å². The molecule has 0 aliphatic rings. The van der Waals surface area contributed by atoms with E-state index in [1.165, 1.54) is 16.9 Å². The summed E-state index contributed by atoms with van der Waals surface area (Å²) in [6.45, 7) is 9.78. The van der Waals surface area contributed by atoms with Crippen molar-refractivity contribution in [1.29, 1.82) is 0 Å². The molecule has 0 spiro atoms. The molecule has 1 amide bonds. The van der Waals surface area contributed by atoms with Gasteiger partial charge in [0, 0.05) is 13.1 Å².